The number of rotatable bonds is 3. The molecule has 2 aromatic carbocycles. The van der Waals surface area contributed by atoms with Crippen LogP contribution >= 0.6 is 11.6 Å². The summed E-state index contributed by atoms with van der Waals surface area (Å²) in [7, 11) is 1.58. The molecule has 0 N–H and O–H groups in total. The van der Waals surface area contributed by atoms with E-state index in [0.717, 1.165) is 10.9 Å². The maximum Gasteiger partial charge on any atom is 0.228 e. The summed E-state index contributed by atoms with van der Waals surface area (Å²) < 4.78 is 10.8. The van der Waals surface area contributed by atoms with Gasteiger partial charge in [0.2, 0.25) is 5.78 Å². The third-order valence-electron chi connectivity index (χ3n) is 3.37. The smallest absolute Gasteiger partial charge is 0.228 e. The number of aryl methyl sites for hydroxylation is 1. The van der Waals surface area contributed by atoms with Crippen molar-refractivity contribution in [3.63, 3.8) is 0 Å². The zero-order chi connectivity index (χ0) is 15.0. The van der Waals surface area contributed by atoms with Crippen LogP contribution in [0.4, 0.5) is 0 Å². The number of hydrogen-bond acceptors (Lipinski definition) is 3. The van der Waals surface area contributed by atoms with E-state index in [0.29, 0.717) is 21.9 Å². The molecule has 21 heavy (non-hydrogen) atoms. The Morgan fingerprint density at radius 3 is 2.71 bits per heavy atom. The molecule has 1 aromatic heterocycles. The van der Waals surface area contributed by atoms with Crippen LogP contribution in [0.5, 0.6) is 5.75 Å². The Labute approximate surface area is 127 Å². The molecule has 0 saturated heterocycles. The van der Waals surface area contributed by atoms with Gasteiger partial charge in [-0.1, -0.05) is 23.7 Å². The predicted molar refractivity (Wildman–Crippen MR) is 82.4 cm³/mol. The summed E-state index contributed by atoms with van der Waals surface area (Å²) in [6.45, 7) is 1.93. The van der Waals surface area contributed by atoms with Gasteiger partial charge < -0.3 is 9.15 Å². The Morgan fingerprint density at radius 2 is 1.95 bits per heavy atom. The van der Waals surface area contributed by atoms with Gasteiger partial charge in [-0.2, -0.15) is 0 Å². The van der Waals surface area contributed by atoms with Crippen molar-refractivity contribution in [2.24, 2.45) is 0 Å². The largest absolute Gasteiger partial charge is 0.496 e. The van der Waals surface area contributed by atoms with E-state index in [2.05, 4.69) is 0 Å². The maximum absolute atomic E-state index is 12.5. The first-order valence-corrected chi connectivity index (χ1v) is 6.85. The van der Waals surface area contributed by atoms with Gasteiger partial charge in [0, 0.05) is 16.0 Å². The highest BCUT2D eigenvalue weighted by atomic mass is 35.5. The molecule has 3 aromatic rings. The van der Waals surface area contributed by atoms with Crippen molar-refractivity contribution in [3.8, 4) is 5.75 Å². The maximum atomic E-state index is 12.5. The Kier molecular flexibility index (Phi) is 3.43. The van der Waals surface area contributed by atoms with Crippen molar-refractivity contribution in [2.45, 2.75) is 6.92 Å². The normalized spacial score (nSPS) is 10.8. The van der Waals surface area contributed by atoms with Crippen molar-refractivity contribution >= 4 is 28.4 Å². The molecule has 0 unspecified atom stereocenters. The van der Waals surface area contributed by atoms with Gasteiger partial charge in [-0.3, -0.25) is 4.79 Å². The first kappa shape index (κ1) is 13.7. The van der Waals surface area contributed by atoms with Crippen molar-refractivity contribution in [2.75, 3.05) is 7.11 Å². The third kappa shape index (κ3) is 2.52. The summed E-state index contributed by atoms with van der Waals surface area (Å²) in [6.07, 6.45) is 0. The van der Waals surface area contributed by atoms with E-state index in [-0.39, 0.29) is 11.5 Å². The van der Waals surface area contributed by atoms with Crippen LogP contribution in [-0.4, -0.2) is 12.9 Å². The number of benzene rings is 2. The molecule has 0 bridgehead atoms. The van der Waals surface area contributed by atoms with Crippen molar-refractivity contribution in [3.05, 3.63) is 64.4 Å². The molecule has 0 fully saturated rings. The Balaban J connectivity index is 2.03. The number of carbonyl (C=O) groups excluding carboxylic acids is 1. The molecule has 0 atom stereocenters. The number of ketones is 1. The lowest BCUT2D eigenvalue weighted by molar-refractivity contribution is 0.101. The second-order valence-electron chi connectivity index (χ2n) is 4.81. The minimum absolute atomic E-state index is 0.180. The van der Waals surface area contributed by atoms with Crippen LogP contribution in [0.1, 0.15) is 21.7 Å². The zero-order valence-electron chi connectivity index (χ0n) is 11.6. The Hall–Kier alpha value is -2.26. The molecule has 0 aliphatic heterocycles. The Morgan fingerprint density at radius 1 is 1.14 bits per heavy atom. The molecule has 0 aliphatic carbocycles. The summed E-state index contributed by atoms with van der Waals surface area (Å²) in [5.41, 5.74) is 2.15. The van der Waals surface area contributed by atoms with Crippen LogP contribution < -0.4 is 4.74 Å². The monoisotopic (exact) mass is 300 g/mol. The van der Waals surface area contributed by atoms with Crippen LogP contribution in [0.15, 0.2) is 46.9 Å². The number of ether oxygens (including phenoxy) is 1. The fourth-order valence-corrected chi connectivity index (χ4v) is 2.41. The van der Waals surface area contributed by atoms with Gasteiger partial charge in [0.1, 0.15) is 11.3 Å². The molecule has 0 saturated carbocycles. The van der Waals surface area contributed by atoms with Gasteiger partial charge in [0.05, 0.1) is 7.11 Å². The highest BCUT2D eigenvalue weighted by Crippen LogP contribution is 2.26. The van der Waals surface area contributed by atoms with Crippen LogP contribution in [-0.2, 0) is 0 Å². The average Bonchev–Trinajstić information content (AvgIpc) is 2.90. The molecular weight excluding hydrogens is 288 g/mol. The standard InChI is InChI=1S/C17H13ClO3/c1-10-3-4-11(8-15(10)20-2)17(19)16-9-12-7-13(18)5-6-14(12)21-16/h3-9H,1-2H3. The first-order valence-electron chi connectivity index (χ1n) is 6.47. The van der Waals surface area contributed by atoms with Gasteiger partial charge in [-0.15, -0.1) is 0 Å². The minimum Gasteiger partial charge on any atom is -0.496 e. The summed E-state index contributed by atoms with van der Waals surface area (Å²) in [4.78, 5) is 12.5. The number of carbonyl (C=O) groups is 1. The van der Waals surface area contributed by atoms with E-state index in [4.69, 9.17) is 20.8 Å². The molecule has 0 radical (unpaired) electrons. The van der Waals surface area contributed by atoms with Gasteiger partial charge >= 0.3 is 0 Å². The summed E-state index contributed by atoms with van der Waals surface area (Å²) in [5, 5.41) is 1.42. The predicted octanol–water partition coefficient (Wildman–Crippen LogP) is 4.63. The Bertz CT molecular complexity index is 833. The fraction of sp³-hybridized carbons (Fsp3) is 0.118. The van der Waals surface area contributed by atoms with Crippen LogP contribution in [0.25, 0.3) is 11.0 Å². The molecule has 0 aliphatic rings. The van der Waals surface area contributed by atoms with E-state index >= 15 is 0 Å². The van der Waals surface area contributed by atoms with E-state index in [1.54, 1.807) is 43.5 Å². The van der Waals surface area contributed by atoms with Crippen LogP contribution in [0.3, 0.4) is 0 Å². The highest BCUT2D eigenvalue weighted by molar-refractivity contribution is 6.31. The van der Waals surface area contributed by atoms with Crippen LogP contribution in [0, 0.1) is 6.92 Å². The molecule has 3 rings (SSSR count). The molecule has 1 heterocycles. The topological polar surface area (TPSA) is 39.4 Å². The quantitative estimate of drug-likeness (QED) is 0.662. The SMILES string of the molecule is COc1cc(C(=O)c2cc3cc(Cl)ccc3o2)ccc1C. The third-order valence-corrected chi connectivity index (χ3v) is 3.61. The molecule has 0 amide bonds. The van der Waals surface area contributed by atoms with Crippen molar-refractivity contribution in [1.29, 1.82) is 0 Å². The fourth-order valence-electron chi connectivity index (χ4n) is 2.23. The summed E-state index contributed by atoms with van der Waals surface area (Å²) in [5.74, 6) is 0.791. The van der Waals surface area contributed by atoms with Crippen molar-refractivity contribution < 1.29 is 13.9 Å². The molecular formula is C17H13ClO3. The number of halogens is 1. The van der Waals surface area contributed by atoms with E-state index in [1.165, 1.54) is 0 Å². The summed E-state index contributed by atoms with van der Waals surface area (Å²) >= 11 is 5.94. The minimum atomic E-state index is -0.180. The number of fused-ring (bicyclic) bond motifs is 1. The van der Waals surface area contributed by atoms with E-state index in [9.17, 15) is 4.79 Å². The number of hydrogen-bond donors (Lipinski definition) is 0. The second kappa shape index (κ2) is 5.26. The number of methoxy groups -OCH3 is 1. The lowest BCUT2D eigenvalue weighted by atomic mass is 10.1. The average molecular weight is 301 g/mol. The summed E-state index contributed by atoms with van der Waals surface area (Å²) in [6, 6.07) is 12.3. The first-order chi connectivity index (χ1) is 10.1. The van der Waals surface area contributed by atoms with E-state index in [1.807, 2.05) is 13.0 Å². The number of furan rings is 1. The molecule has 4 heteroatoms. The molecule has 106 valence electrons. The van der Waals surface area contributed by atoms with Gasteiger partial charge in [-0.05, 0) is 42.8 Å². The lowest BCUT2D eigenvalue weighted by Gasteiger charge is -2.05. The van der Waals surface area contributed by atoms with Gasteiger partial charge in [-0.25, -0.2) is 0 Å². The van der Waals surface area contributed by atoms with E-state index < -0.39 is 0 Å². The van der Waals surface area contributed by atoms with Crippen molar-refractivity contribution in [1.82, 2.24) is 0 Å². The molecule has 3 nitrogen and oxygen atoms in total. The van der Waals surface area contributed by atoms with Crippen LogP contribution in [0.2, 0.25) is 5.02 Å². The zero-order valence-corrected chi connectivity index (χ0v) is 12.4. The van der Waals surface area contributed by atoms with Gasteiger partial charge in [0.15, 0.2) is 5.76 Å². The van der Waals surface area contributed by atoms with Gasteiger partial charge in [0.25, 0.3) is 0 Å². The lowest BCUT2D eigenvalue weighted by Crippen LogP contribution is -2.00. The molecule has 0 spiro atoms. The highest BCUT2D eigenvalue weighted by Gasteiger charge is 2.16. The second-order valence-corrected chi connectivity index (χ2v) is 5.24.